The summed E-state index contributed by atoms with van der Waals surface area (Å²) in [6, 6.07) is 2.54. The van der Waals surface area contributed by atoms with Crippen molar-refractivity contribution in [1.82, 2.24) is 14.9 Å². The zero-order valence-electron chi connectivity index (χ0n) is 10.8. The van der Waals surface area contributed by atoms with Crippen molar-refractivity contribution in [3.8, 4) is 0 Å². The first kappa shape index (κ1) is 12.3. The van der Waals surface area contributed by atoms with Gasteiger partial charge in [-0.2, -0.15) is 0 Å². The van der Waals surface area contributed by atoms with Crippen LogP contribution in [0.1, 0.15) is 34.1 Å². The van der Waals surface area contributed by atoms with E-state index in [1.165, 1.54) is 15.3 Å². The highest BCUT2D eigenvalue weighted by Crippen LogP contribution is 2.21. The van der Waals surface area contributed by atoms with Gasteiger partial charge in [-0.3, -0.25) is 0 Å². The first-order valence-corrected chi connectivity index (χ1v) is 6.66. The number of hydrogen-bond donors (Lipinski definition) is 1. The second-order valence-electron chi connectivity index (χ2n) is 4.45. The Kier molecular flexibility index (Phi) is 3.64. The summed E-state index contributed by atoms with van der Waals surface area (Å²) in [6.45, 7) is 7.40. The monoisotopic (exact) mass is 249 g/mol. The van der Waals surface area contributed by atoms with Crippen molar-refractivity contribution < 1.29 is 0 Å². The van der Waals surface area contributed by atoms with E-state index in [0.29, 0.717) is 0 Å². The molecule has 17 heavy (non-hydrogen) atoms. The first-order chi connectivity index (χ1) is 8.08. The third-order valence-electron chi connectivity index (χ3n) is 3.05. The Hall–Kier alpha value is -1.13. The zero-order valence-corrected chi connectivity index (χ0v) is 11.6. The average molecular weight is 249 g/mol. The summed E-state index contributed by atoms with van der Waals surface area (Å²) in [6.07, 6.45) is 3.82. The fraction of sp³-hybridized carbons (Fsp3) is 0.462. The van der Waals surface area contributed by atoms with Crippen LogP contribution in [0.5, 0.6) is 0 Å². The number of rotatable bonds is 4. The van der Waals surface area contributed by atoms with Gasteiger partial charge in [0, 0.05) is 35.7 Å². The van der Waals surface area contributed by atoms with Crippen molar-refractivity contribution in [1.29, 1.82) is 0 Å². The molecule has 1 unspecified atom stereocenters. The van der Waals surface area contributed by atoms with E-state index >= 15 is 0 Å². The first-order valence-electron chi connectivity index (χ1n) is 5.84. The van der Waals surface area contributed by atoms with Gasteiger partial charge in [0.1, 0.15) is 5.82 Å². The minimum atomic E-state index is 0.276. The SMILES string of the molecule is Cc1cc(CNC(C)c2nccn2C)sc1C. The van der Waals surface area contributed by atoms with Crippen LogP contribution in [-0.4, -0.2) is 9.55 Å². The molecule has 0 bridgehead atoms. The van der Waals surface area contributed by atoms with Crippen LogP contribution < -0.4 is 5.32 Å². The van der Waals surface area contributed by atoms with Crippen molar-refractivity contribution in [2.24, 2.45) is 7.05 Å². The number of nitrogens with one attached hydrogen (secondary N) is 1. The zero-order chi connectivity index (χ0) is 12.4. The molecule has 92 valence electrons. The normalized spacial score (nSPS) is 12.9. The van der Waals surface area contributed by atoms with Crippen LogP contribution in [0.3, 0.4) is 0 Å². The fourth-order valence-electron chi connectivity index (χ4n) is 1.88. The number of thiophene rings is 1. The van der Waals surface area contributed by atoms with Crippen LogP contribution in [0, 0.1) is 13.8 Å². The van der Waals surface area contributed by atoms with Crippen LogP contribution in [0.25, 0.3) is 0 Å². The molecule has 2 aromatic rings. The summed E-state index contributed by atoms with van der Waals surface area (Å²) in [4.78, 5) is 7.15. The molecule has 1 atom stereocenters. The number of aryl methyl sites for hydroxylation is 3. The number of aromatic nitrogens is 2. The Labute approximate surface area is 107 Å². The quantitative estimate of drug-likeness (QED) is 0.903. The van der Waals surface area contributed by atoms with Crippen molar-refractivity contribution in [3.05, 3.63) is 39.6 Å². The van der Waals surface area contributed by atoms with Crippen molar-refractivity contribution in [3.63, 3.8) is 0 Å². The molecule has 0 fully saturated rings. The second-order valence-corrected chi connectivity index (χ2v) is 5.79. The Bertz CT molecular complexity index is 479. The lowest BCUT2D eigenvalue weighted by Crippen LogP contribution is -2.20. The highest BCUT2D eigenvalue weighted by Gasteiger charge is 2.10. The Morgan fingerprint density at radius 2 is 2.24 bits per heavy atom. The Balaban J connectivity index is 1.97. The molecule has 0 saturated heterocycles. The lowest BCUT2D eigenvalue weighted by Gasteiger charge is -2.12. The van der Waals surface area contributed by atoms with Gasteiger partial charge >= 0.3 is 0 Å². The molecular weight excluding hydrogens is 230 g/mol. The molecule has 2 heterocycles. The maximum Gasteiger partial charge on any atom is 0.125 e. The molecule has 2 aromatic heterocycles. The molecule has 1 N–H and O–H groups in total. The van der Waals surface area contributed by atoms with Crippen LogP contribution >= 0.6 is 11.3 Å². The fourth-order valence-corrected chi connectivity index (χ4v) is 2.88. The van der Waals surface area contributed by atoms with E-state index in [-0.39, 0.29) is 6.04 Å². The average Bonchev–Trinajstić information content (AvgIpc) is 2.83. The van der Waals surface area contributed by atoms with Crippen molar-refractivity contribution in [2.45, 2.75) is 33.4 Å². The van der Waals surface area contributed by atoms with Gasteiger partial charge in [0.15, 0.2) is 0 Å². The van der Waals surface area contributed by atoms with Crippen LogP contribution in [0.4, 0.5) is 0 Å². The van der Waals surface area contributed by atoms with Gasteiger partial charge in [-0.05, 0) is 32.4 Å². The van der Waals surface area contributed by atoms with Crippen LogP contribution in [0.15, 0.2) is 18.5 Å². The summed E-state index contributed by atoms with van der Waals surface area (Å²) < 4.78 is 2.06. The summed E-state index contributed by atoms with van der Waals surface area (Å²) in [7, 11) is 2.03. The van der Waals surface area contributed by atoms with Gasteiger partial charge in [-0.1, -0.05) is 0 Å². The van der Waals surface area contributed by atoms with E-state index in [4.69, 9.17) is 0 Å². The summed E-state index contributed by atoms with van der Waals surface area (Å²) in [5.41, 5.74) is 1.39. The van der Waals surface area contributed by atoms with E-state index in [2.05, 4.69) is 41.7 Å². The summed E-state index contributed by atoms with van der Waals surface area (Å²) >= 11 is 1.87. The molecule has 0 aliphatic carbocycles. The highest BCUT2D eigenvalue weighted by atomic mass is 32.1. The minimum absolute atomic E-state index is 0.276. The van der Waals surface area contributed by atoms with E-state index in [9.17, 15) is 0 Å². The maximum absolute atomic E-state index is 4.35. The summed E-state index contributed by atoms with van der Waals surface area (Å²) in [5, 5.41) is 3.51. The number of hydrogen-bond acceptors (Lipinski definition) is 3. The molecular formula is C13H19N3S. The summed E-state index contributed by atoms with van der Waals surface area (Å²) in [5.74, 6) is 1.08. The van der Waals surface area contributed by atoms with E-state index in [1.807, 2.05) is 30.8 Å². The molecule has 0 aliphatic heterocycles. The predicted molar refractivity (Wildman–Crippen MR) is 72.3 cm³/mol. The molecule has 3 nitrogen and oxygen atoms in total. The van der Waals surface area contributed by atoms with Gasteiger partial charge in [0.25, 0.3) is 0 Å². The lowest BCUT2D eigenvalue weighted by molar-refractivity contribution is 0.533. The predicted octanol–water partition coefficient (Wildman–Crippen LogP) is 2.95. The Morgan fingerprint density at radius 1 is 1.47 bits per heavy atom. The highest BCUT2D eigenvalue weighted by molar-refractivity contribution is 7.12. The third-order valence-corrected chi connectivity index (χ3v) is 4.20. The smallest absolute Gasteiger partial charge is 0.125 e. The van der Waals surface area contributed by atoms with E-state index in [0.717, 1.165) is 12.4 Å². The van der Waals surface area contributed by atoms with Gasteiger partial charge in [-0.15, -0.1) is 11.3 Å². The van der Waals surface area contributed by atoms with Gasteiger partial charge in [0.2, 0.25) is 0 Å². The van der Waals surface area contributed by atoms with Gasteiger partial charge in [0.05, 0.1) is 6.04 Å². The van der Waals surface area contributed by atoms with Crippen molar-refractivity contribution >= 4 is 11.3 Å². The van der Waals surface area contributed by atoms with Gasteiger partial charge < -0.3 is 9.88 Å². The van der Waals surface area contributed by atoms with Gasteiger partial charge in [-0.25, -0.2) is 4.98 Å². The maximum atomic E-state index is 4.35. The van der Waals surface area contributed by atoms with E-state index < -0.39 is 0 Å². The Morgan fingerprint density at radius 3 is 2.76 bits per heavy atom. The molecule has 0 saturated carbocycles. The molecule has 0 spiro atoms. The standard InChI is InChI=1S/C13H19N3S/c1-9-7-12(17-11(9)3)8-15-10(2)13-14-5-6-16(13)4/h5-7,10,15H,8H2,1-4H3. The van der Waals surface area contributed by atoms with E-state index in [1.54, 1.807) is 0 Å². The van der Waals surface area contributed by atoms with Crippen molar-refractivity contribution in [2.75, 3.05) is 0 Å². The largest absolute Gasteiger partial charge is 0.337 e. The minimum Gasteiger partial charge on any atom is -0.337 e. The lowest BCUT2D eigenvalue weighted by atomic mass is 10.2. The van der Waals surface area contributed by atoms with Crippen LogP contribution in [-0.2, 0) is 13.6 Å². The molecule has 4 heteroatoms. The molecule has 0 amide bonds. The molecule has 2 rings (SSSR count). The third kappa shape index (κ3) is 2.76. The molecule has 0 radical (unpaired) electrons. The number of nitrogens with zero attached hydrogens (tertiary/aromatic N) is 2. The topological polar surface area (TPSA) is 29.9 Å². The second kappa shape index (κ2) is 5.02. The van der Waals surface area contributed by atoms with Crippen LogP contribution in [0.2, 0.25) is 0 Å². The number of imidazole rings is 1. The molecule has 0 aromatic carbocycles. The molecule has 0 aliphatic rings.